The summed E-state index contributed by atoms with van der Waals surface area (Å²) in [6.45, 7) is 2.78. The van der Waals surface area contributed by atoms with Gasteiger partial charge in [-0.2, -0.15) is 5.26 Å². The lowest BCUT2D eigenvalue weighted by atomic mass is 9.94. The van der Waals surface area contributed by atoms with Crippen molar-refractivity contribution in [3.8, 4) is 6.07 Å². The molecule has 0 bridgehead atoms. The van der Waals surface area contributed by atoms with Crippen molar-refractivity contribution in [1.82, 2.24) is 14.5 Å². The lowest BCUT2D eigenvalue weighted by molar-refractivity contribution is -0.127. The number of aromatic nitrogens is 2. The van der Waals surface area contributed by atoms with Crippen LogP contribution in [-0.4, -0.2) is 57.3 Å². The second-order valence-electron chi connectivity index (χ2n) is 9.02. The lowest BCUT2D eigenvalue weighted by Gasteiger charge is -2.49. The van der Waals surface area contributed by atoms with Gasteiger partial charge in [0.1, 0.15) is 35.7 Å². The van der Waals surface area contributed by atoms with Crippen molar-refractivity contribution in [2.75, 3.05) is 24.6 Å². The van der Waals surface area contributed by atoms with Gasteiger partial charge >= 0.3 is 0 Å². The Hall–Kier alpha value is -3.42. The minimum absolute atomic E-state index is 0.188. The summed E-state index contributed by atoms with van der Waals surface area (Å²) in [5.41, 5.74) is 1.73. The van der Waals surface area contributed by atoms with Gasteiger partial charge in [-0.15, -0.1) is 0 Å². The van der Waals surface area contributed by atoms with E-state index in [2.05, 4.69) is 4.98 Å². The average Bonchev–Trinajstić information content (AvgIpc) is 2.84. The fraction of sp³-hybridized carbons (Fsp3) is 0.400. The zero-order valence-electron chi connectivity index (χ0n) is 19.6. The molecule has 0 amide bonds. The zero-order chi connectivity index (χ0) is 25.5. The molecule has 1 aliphatic rings. The number of nitriles is 1. The summed E-state index contributed by atoms with van der Waals surface area (Å²) in [5.74, 6) is -4.00. The summed E-state index contributed by atoms with van der Waals surface area (Å²) in [6, 6.07) is 9.37. The van der Waals surface area contributed by atoms with Crippen LogP contribution in [0.2, 0.25) is 0 Å². The van der Waals surface area contributed by atoms with Gasteiger partial charge in [-0.05, 0) is 43.7 Å². The van der Waals surface area contributed by atoms with Crippen molar-refractivity contribution >= 4 is 16.7 Å². The Bertz CT molecular complexity index is 1340. The highest BCUT2D eigenvalue weighted by Gasteiger charge is 2.47. The van der Waals surface area contributed by atoms with Crippen LogP contribution in [0.15, 0.2) is 47.3 Å². The molecule has 1 aromatic carbocycles. The largest absolute Gasteiger partial charge is 0.390 e. The van der Waals surface area contributed by atoms with Crippen LogP contribution in [0.5, 0.6) is 0 Å². The standard InChI is InChI=1S/C25H26F3N5O2/c1-15-13-33(24(25(27,28)14-34)17-4-6-18(26)7-5-17)16(2)12-32(15)21-10-22(35)31(3)20-9-8-19(11-29)30-23(20)21/h4-10,15-16,24,34H,12-14H2,1-3H3/t15-,16+,24?/m0/s1. The molecule has 10 heteroatoms. The van der Waals surface area contributed by atoms with Crippen molar-refractivity contribution in [1.29, 1.82) is 5.26 Å². The molecule has 184 valence electrons. The Morgan fingerprint density at radius 3 is 2.49 bits per heavy atom. The first-order chi connectivity index (χ1) is 16.6. The molecule has 0 spiro atoms. The molecule has 1 fully saturated rings. The number of aryl methyl sites for hydroxylation is 1. The van der Waals surface area contributed by atoms with Crippen LogP contribution in [0.3, 0.4) is 0 Å². The minimum atomic E-state index is -3.47. The first kappa shape index (κ1) is 24.7. The van der Waals surface area contributed by atoms with E-state index in [1.807, 2.05) is 17.9 Å². The van der Waals surface area contributed by atoms with Crippen molar-refractivity contribution in [2.24, 2.45) is 7.05 Å². The maximum absolute atomic E-state index is 15.0. The van der Waals surface area contributed by atoms with E-state index in [0.29, 0.717) is 23.3 Å². The molecule has 3 heterocycles. The number of nitrogens with zero attached hydrogens (tertiary/aromatic N) is 5. The highest BCUT2D eigenvalue weighted by atomic mass is 19.3. The van der Waals surface area contributed by atoms with Crippen LogP contribution in [0.1, 0.15) is 31.1 Å². The molecule has 1 aliphatic heterocycles. The van der Waals surface area contributed by atoms with E-state index in [-0.39, 0.29) is 29.4 Å². The molecule has 35 heavy (non-hydrogen) atoms. The predicted molar refractivity (Wildman–Crippen MR) is 126 cm³/mol. The maximum Gasteiger partial charge on any atom is 0.289 e. The molecule has 3 aromatic rings. The Kier molecular flexibility index (Phi) is 6.58. The summed E-state index contributed by atoms with van der Waals surface area (Å²) in [4.78, 5) is 20.7. The molecular formula is C25H26F3N5O2. The summed E-state index contributed by atoms with van der Waals surface area (Å²) in [7, 11) is 1.62. The number of halogens is 3. The number of piperazine rings is 1. The Balaban J connectivity index is 1.75. The zero-order valence-corrected chi connectivity index (χ0v) is 19.6. The highest BCUT2D eigenvalue weighted by molar-refractivity contribution is 5.89. The first-order valence-electron chi connectivity index (χ1n) is 11.2. The van der Waals surface area contributed by atoms with E-state index in [9.17, 15) is 19.6 Å². The molecule has 1 saturated heterocycles. The normalized spacial score (nSPS) is 20.1. The van der Waals surface area contributed by atoms with Gasteiger partial charge in [-0.1, -0.05) is 12.1 Å². The van der Waals surface area contributed by atoms with Crippen LogP contribution >= 0.6 is 0 Å². The summed E-state index contributed by atoms with van der Waals surface area (Å²) in [6.07, 6.45) is 0. The number of hydrogen-bond donors (Lipinski definition) is 1. The van der Waals surface area contributed by atoms with E-state index >= 15 is 8.78 Å². The molecule has 3 atom stereocenters. The van der Waals surface area contributed by atoms with Crippen LogP contribution in [0.4, 0.5) is 18.9 Å². The van der Waals surface area contributed by atoms with E-state index in [1.54, 1.807) is 31.0 Å². The molecule has 0 saturated carbocycles. The van der Waals surface area contributed by atoms with Gasteiger partial charge in [0.05, 0.1) is 11.2 Å². The average molecular weight is 486 g/mol. The van der Waals surface area contributed by atoms with Crippen molar-refractivity contribution < 1.29 is 18.3 Å². The topological polar surface area (TPSA) is 85.4 Å². The lowest BCUT2D eigenvalue weighted by Crippen LogP contribution is -2.60. The van der Waals surface area contributed by atoms with Gasteiger partial charge in [0.2, 0.25) is 0 Å². The number of aliphatic hydroxyl groups is 1. The number of rotatable bonds is 5. The van der Waals surface area contributed by atoms with Crippen LogP contribution < -0.4 is 10.5 Å². The second-order valence-corrected chi connectivity index (χ2v) is 9.02. The van der Waals surface area contributed by atoms with Crippen molar-refractivity contribution in [3.63, 3.8) is 0 Å². The predicted octanol–water partition coefficient (Wildman–Crippen LogP) is 3.21. The Labute approximate surface area is 200 Å². The number of fused-ring (bicyclic) bond motifs is 1. The summed E-state index contributed by atoms with van der Waals surface area (Å²) < 4.78 is 45.0. The number of alkyl halides is 2. The van der Waals surface area contributed by atoms with Gasteiger partial charge in [-0.25, -0.2) is 18.2 Å². The van der Waals surface area contributed by atoms with E-state index in [4.69, 9.17) is 0 Å². The minimum Gasteiger partial charge on any atom is -0.390 e. The van der Waals surface area contributed by atoms with Crippen LogP contribution in [0.25, 0.3) is 11.0 Å². The molecule has 4 rings (SSSR count). The summed E-state index contributed by atoms with van der Waals surface area (Å²) in [5, 5.41) is 18.8. The fourth-order valence-electron chi connectivity index (χ4n) is 4.85. The van der Waals surface area contributed by atoms with Gasteiger partial charge in [0.15, 0.2) is 0 Å². The van der Waals surface area contributed by atoms with Crippen LogP contribution in [0, 0.1) is 17.1 Å². The van der Waals surface area contributed by atoms with Gasteiger partial charge < -0.3 is 14.6 Å². The fourth-order valence-corrected chi connectivity index (χ4v) is 4.85. The third kappa shape index (κ3) is 4.49. The smallest absolute Gasteiger partial charge is 0.289 e. The van der Waals surface area contributed by atoms with E-state index in [0.717, 1.165) is 12.1 Å². The number of benzene rings is 1. The van der Waals surface area contributed by atoms with Gasteiger partial charge in [-0.3, -0.25) is 9.69 Å². The molecular weight excluding hydrogens is 459 g/mol. The van der Waals surface area contributed by atoms with E-state index in [1.165, 1.54) is 22.8 Å². The van der Waals surface area contributed by atoms with Crippen LogP contribution in [-0.2, 0) is 7.05 Å². The third-order valence-electron chi connectivity index (χ3n) is 6.66. The molecule has 7 nitrogen and oxygen atoms in total. The summed E-state index contributed by atoms with van der Waals surface area (Å²) >= 11 is 0. The van der Waals surface area contributed by atoms with Crippen molar-refractivity contribution in [2.45, 2.75) is 37.9 Å². The Morgan fingerprint density at radius 1 is 1.17 bits per heavy atom. The number of aliphatic hydroxyl groups excluding tert-OH is 1. The monoisotopic (exact) mass is 485 g/mol. The second kappa shape index (κ2) is 9.32. The molecule has 0 aliphatic carbocycles. The molecule has 1 unspecified atom stereocenters. The Morgan fingerprint density at radius 2 is 1.86 bits per heavy atom. The molecule has 0 radical (unpaired) electrons. The molecule has 1 N–H and O–H groups in total. The maximum atomic E-state index is 15.0. The SMILES string of the molecule is C[C@@H]1CN(c2cc(=O)n(C)c3ccc(C#N)nc23)[C@@H](C)CN1C(c1ccc(F)cc1)C(F)(F)CO. The van der Waals surface area contributed by atoms with Gasteiger partial charge in [0, 0.05) is 38.3 Å². The first-order valence-corrected chi connectivity index (χ1v) is 11.2. The van der Waals surface area contributed by atoms with Gasteiger partial charge in [0.25, 0.3) is 11.5 Å². The van der Waals surface area contributed by atoms with E-state index < -0.39 is 30.4 Å². The quantitative estimate of drug-likeness (QED) is 0.598. The van der Waals surface area contributed by atoms with Crippen molar-refractivity contribution in [3.05, 3.63) is 69.9 Å². The molecule has 2 aromatic heterocycles. The third-order valence-corrected chi connectivity index (χ3v) is 6.66. The number of pyridine rings is 2. The number of anilines is 1. The number of hydrogen-bond acceptors (Lipinski definition) is 6. The highest BCUT2D eigenvalue weighted by Crippen LogP contribution is 2.40.